The van der Waals surface area contributed by atoms with E-state index in [1.165, 1.54) is 12.1 Å². The van der Waals surface area contributed by atoms with Crippen molar-refractivity contribution in [3.63, 3.8) is 0 Å². The van der Waals surface area contributed by atoms with Gasteiger partial charge in [-0.1, -0.05) is 42.5 Å². The lowest BCUT2D eigenvalue weighted by molar-refractivity contribution is -0.123. The molecule has 2 aromatic rings. The van der Waals surface area contributed by atoms with Gasteiger partial charge in [0.05, 0.1) is 0 Å². The van der Waals surface area contributed by atoms with Gasteiger partial charge in [-0.2, -0.15) is 0 Å². The van der Waals surface area contributed by atoms with Crippen LogP contribution in [0.4, 0.5) is 4.39 Å². The summed E-state index contributed by atoms with van der Waals surface area (Å²) >= 11 is 0. The minimum Gasteiger partial charge on any atom is -0.368 e. The molecule has 104 valence electrons. The normalized spacial score (nSPS) is 12.3. The fourth-order valence-electron chi connectivity index (χ4n) is 2.24. The Labute approximate surface area is 117 Å². The van der Waals surface area contributed by atoms with Crippen molar-refractivity contribution < 1.29 is 9.18 Å². The summed E-state index contributed by atoms with van der Waals surface area (Å²) in [7, 11) is 1.83. The predicted molar refractivity (Wildman–Crippen MR) is 76.2 cm³/mol. The van der Waals surface area contributed by atoms with Crippen molar-refractivity contribution in [2.45, 2.75) is 12.6 Å². The van der Waals surface area contributed by atoms with Gasteiger partial charge in [0.15, 0.2) is 0 Å². The minimum absolute atomic E-state index is 0.272. The van der Waals surface area contributed by atoms with Crippen LogP contribution in [0.3, 0.4) is 0 Å². The summed E-state index contributed by atoms with van der Waals surface area (Å²) in [6.07, 6.45) is 0. The van der Waals surface area contributed by atoms with Crippen LogP contribution in [-0.4, -0.2) is 17.9 Å². The average molecular weight is 272 g/mol. The van der Waals surface area contributed by atoms with E-state index in [9.17, 15) is 9.18 Å². The standard InChI is InChI=1S/C16H17FN2O/c1-19(11-12-7-9-14(17)10-8-12)15(16(18)20)13-5-3-2-4-6-13/h2-10,15H,11H2,1H3,(H2,18,20). The molecule has 0 radical (unpaired) electrons. The third kappa shape index (κ3) is 3.42. The number of halogens is 1. The molecular weight excluding hydrogens is 255 g/mol. The Bertz CT molecular complexity index is 569. The molecule has 0 aliphatic heterocycles. The number of benzene rings is 2. The van der Waals surface area contributed by atoms with E-state index < -0.39 is 11.9 Å². The van der Waals surface area contributed by atoms with E-state index in [-0.39, 0.29) is 5.82 Å². The summed E-state index contributed by atoms with van der Waals surface area (Å²) in [6.45, 7) is 0.517. The summed E-state index contributed by atoms with van der Waals surface area (Å²) in [4.78, 5) is 13.6. The average Bonchev–Trinajstić information content (AvgIpc) is 2.42. The number of hydrogen-bond acceptors (Lipinski definition) is 2. The Morgan fingerprint density at radius 3 is 2.30 bits per heavy atom. The second kappa shape index (κ2) is 6.30. The maximum absolute atomic E-state index is 12.9. The van der Waals surface area contributed by atoms with Crippen molar-refractivity contribution in [2.75, 3.05) is 7.05 Å². The van der Waals surface area contributed by atoms with E-state index >= 15 is 0 Å². The minimum atomic E-state index is -0.499. The highest BCUT2D eigenvalue weighted by molar-refractivity contribution is 5.81. The molecule has 0 heterocycles. The van der Waals surface area contributed by atoms with E-state index in [0.717, 1.165) is 11.1 Å². The van der Waals surface area contributed by atoms with Crippen molar-refractivity contribution in [3.8, 4) is 0 Å². The molecule has 0 saturated heterocycles. The molecule has 0 bridgehead atoms. The van der Waals surface area contributed by atoms with Crippen LogP contribution >= 0.6 is 0 Å². The fourth-order valence-corrected chi connectivity index (χ4v) is 2.24. The molecule has 0 saturated carbocycles. The van der Waals surface area contributed by atoms with E-state index in [4.69, 9.17) is 5.73 Å². The zero-order valence-electron chi connectivity index (χ0n) is 11.3. The Morgan fingerprint density at radius 1 is 1.15 bits per heavy atom. The molecule has 2 rings (SSSR count). The highest BCUT2D eigenvalue weighted by Crippen LogP contribution is 2.20. The molecule has 0 aliphatic rings. The van der Waals surface area contributed by atoms with Gasteiger partial charge in [0, 0.05) is 6.54 Å². The van der Waals surface area contributed by atoms with Crippen molar-refractivity contribution >= 4 is 5.91 Å². The molecule has 4 heteroatoms. The van der Waals surface area contributed by atoms with Gasteiger partial charge >= 0.3 is 0 Å². The van der Waals surface area contributed by atoms with E-state index in [1.807, 2.05) is 42.3 Å². The molecule has 0 fully saturated rings. The largest absolute Gasteiger partial charge is 0.368 e. The van der Waals surface area contributed by atoms with Crippen LogP contribution in [0.25, 0.3) is 0 Å². The van der Waals surface area contributed by atoms with Gasteiger partial charge in [-0.25, -0.2) is 4.39 Å². The number of nitrogens with two attached hydrogens (primary N) is 1. The van der Waals surface area contributed by atoms with Crippen LogP contribution in [0, 0.1) is 5.82 Å². The summed E-state index contributed by atoms with van der Waals surface area (Å²) in [5, 5.41) is 0. The van der Waals surface area contributed by atoms with E-state index in [0.29, 0.717) is 6.54 Å². The third-order valence-corrected chi connectivity index (χ3v) is 3.17. The maximum Gasteiger partial charge on any atom is 0.239 e. The Kier molecular flexibility index (Phi) is 4.48. The van der Waals surface area contributed by atoms with Crippen LogP contribution < -0.4 is 5.73 Å². The molecule has 1 unspecified atom stereocenters. The van der Waals surface area contributed by atoms with Crippen LogP contribution in [0.5, 0.6) is 0 Å². The number of amides is 1. The first kappa shape index (κ1) is 14.2. The predicted octanol–water partition coefficient (Wildman–Crippen LogP) is 2.48. The van der Waals surface area contributed by atoms with Gasteiger partial charge in [-0.3, -0.25) is 9.69 Å². The maximum atomic E-state index is 12.9. The summed E-state index contributed by atoms with van der Waals surface area (Å²) < 4.78 is 12.9. The number of nitrogens with zero attached hydrogens (tertiary/aromatic N) is 1. The monoisotopic (exact) mass is 272 g/mol. The van der Waals surface area contributed by atoms with Crippen LogP contribution in [-0.2, 0) is 11.3 Å². The highest BCUT2D eigenvalue weighted by Gasteiger charge is 2.22. The molecule has 0 spiro atoms. The molecule has 2 aromatic carbocycles. The first-order chi connectivity index (χ1) is 9.58. The topological polar surface area (TPSA) is 46.3 Å². The van der Waals surface area contributed by atoms with Gasteiger partial charge in [0.25, 0.3) is 0 Å². The highest BCUT2D eigenvalue weighted by atomic mass is 19.1. The molecule has 20 heavy (non-hydrogen) atoms. The first-order valence-corrected chi connectivity index (χ1v) is 6.37. The SMILES string of the molecule is CN(Cc1ccc(F)cc1)C(C(N)=O)c1ccccc1. The lowest BCUT2D eigenvalue weighted by atomic mass is 10.0. The van der Waals surface area contributed by atoms with E-state index in [1.54, 1.807) is 12.1 Å². The number of rotatable bonds is 5. The Morgan fingerprint density at radius 2 is 1.75 bits per heavy atom. The first-order valence-electron chi connectivity index (χ1n) is 6.37. The number of likely N-dealkylation sites (N-methyl/N-ethyl adjacent to an activating group) is 1. The zero-order chi connectivity index (χ0) is 14.5. The molecule has 0 aliphatic carbocycles. The molecule has 3 nitrogen and oxygen atoms in total. The van der Waals surface area contributed by atoms with Crippen molar-refractivity contribution in [1.82, 2.24) is 4.90 Å². The number of carbonyl (C=O) groups excluding carboxylic acids is 1. The van der Waals surface area contributed by atoms with Crippen molar-refractivity contribution in [2.24, 2.45) is 5.73 Å². The molecule has 1 atom stereocenters. The van der Waals surface area contributed by atoms with Crippen molar-refractivity contribution in [3.05, 3.63) is 71.5 Å². The number of primary amides is 1. The lowest BCUT2D eigenvalue weighted by Crippen LogP contribution is -2.34. The van der Waals surface area contributed by atoms with Crippen molar-refractivity contribution in [1.29, 1.82) is 0 Å². The zero-order valence-corrected chi connectivity index (χ0v) is 11.3. The van der Waals surface area contributed by atoms with Gasteiger partial charge in [-0.15, -0.1) is 0 Å². The second-order valence-corrected chi connectivity index (χ2v) is 4.76. The Hall–Kier alpha value is -2.20. The molecule has 0 aromatic heterocycles. The lowest BCUT2D eigenvalue weighted by Gasteiger charge is -2.25. The Balaban J connectivity index is 2.18. The summed E-state index contributed by atoms with van der Waals surface area (Å²) in [5.41, 5.74) is 7.29. The second-order valence-electron chi connectivity index (χ2n) is 4.76. The molecule has 2 N–H and O–H groups in total. The molecular formula is C16H17FN2O. The summed E-state index contributed by atoms with van der Waals surface area (Å²) in [5.74, 6) is -0.674. The van der Waals surface area contributed by atoms with Crippen LogP contribution in [0.1, 0.15) is 17.2 Å². The quantitative estimate of drug-likeness (QED) is 0.909. The van der Waals surface area contributed by atoms with Gasteiger partial charge in [0.2, 0.25) is 5.91 Å². The fraction of sp³-hybridized carbons (Fsp3) is 0.188. The number of hydrogen-bond donors (Lipinski definition) is 1. The van der Waals surface area contributed by atoms with E-state index in [2.05, 4.69) is 0 Å². The van der Waals surface area contributed by atoms with Crippen LogP contribution in [0.2, 0.25) is 0 Å². The van der Waals surface area contributed by atoms with Crippen LogP contribution in [0.15, 0.2) is 54.6 Å². The summed E-state index contributed by atoms with van der Waals surface area (Å²) in [6, 6.07) is 15.1. The van der Waals surface area contributed by atoms with Gasteiger partial charge in [-0.05, 0) is 30.3 Å². The third-order valence-electron chi connectivity index (χ3n) is 3.17. The number of carbonyl (C=O) groups is 1. The van der Waals surface area contributed by atoms with Gasteiger partial charge < -0.3 is 5.73 Å². The molecule has 1 amide bonds. The van der Waals surface area contributed by atoms with Gasteiger partial charge in [0.1, 0.15) is 11.9 Å². The smallest absolute Gasteiger partial charge is 0.239 e.